The lowest BCUT2D eigenvalue weighted by molar-refractivity contribution is -0.131. The molecule has 2 N–H and O–H groups in total. The first-order valence-electron chi connectivity index (χ1n) is 10.2. The van der Waals surface area contributed by atoms with E-state index in [1.165, 1.54) is 0 Å². The van der Waals surface area contributed by atoms with Crippen LogP contribution in [0.25, 0.3) is 0 Å². The molecule has 154 valence electrons. The molecule has 1 saturated carbocycles. The van der Waals surface area contributed by atoms with Crippen molar-refractivity contribution in [2.45, 2.75) is 59.4 Å². The predicted molar refractivity (Wildman–Crippen MR) is 109 cm³/mol. The Balaban J connectivity index is 2.02. The van der Waals surface area contributed by atoms with Gasteiger partial charge in [0.2, 0.25) is 11.8 Å². The first-order chi connectivity index (χ1) is 13.3. The van der Waals surface area contributed by atoms with Gasteiger partial charge in [-0.05, 0) is 62.6 Å². The number of ether oxygens (including phenoxy) is 1. The molecule has 1 aliphatic rings. The number of hydrogen-bond acceptors (Lipinski definition) is 4. The molecule has 6 heteroatoms. The molecule has 0 radical (unpaired) electrons. The summed E-state index contributed by atoms with van der Waals surface area (Å²) in [5.74, 6) is -0.162. The SMILES string of the molecule is CCOC(=O)c1cccc(NC(=O)[C@@H](NC(=O)C2CCC(C)CC2)C(C)C)c1. The third-order valence-corrected chi connectivity index (χ3v) is 5.27. The summed E-state index contributed by atoms with van der Waals surface area (Å²) in [7, 11) is 0. The smallest absolute Gasteiger partial charge is 0.338 e. The lowest BCUT2D eigenvalue weighted by Crippen LogP contribution is -2.49. The van der Waals surface area contributed by atoms with Gasteiger partial charge in [-0.25, -0.2) is 4.79 Å². The first kappa shape index (κ1) is 21.9. The molecule has 2 amide bonds. The number of benzene rings is 1. The molecule has 6 nitrogen and oxygen atoms in total. The fraction of sp³-hybridized carbons (Fsp3) is 0.591. The number of amides is 2. The van der Waals surface area contributed by atoms with Crippen molar-refractivity contribution in [3.63, 3.8) is 0 Å². The first-order valence-corrected chi connectivity index (χ1v) is 10.2. The maximum Gasteiger partial charge on any atom is 0.338 e. The van der Waals surface area contributed by atoms with Crippen molar-refractivity contribution in [2.24, 2.45) is 17.8 Å². The largest absolute Gasteiger partial charge is 0.462 e. The third kappa shape index (κ3) is 6.08. The number of esters is 1. The number of anilines is 1. The van der Waals surface area contributed by atoms with Gasteiger partial charge in [-0.15, -0.1) is 0 Å². The van der Waals surface area contributed by atoms with Crippen LogP contribution >= 0.6 is 0 Å². The normalized spacial score (nSPS) is 20.3. The monoisotopic (exact) mass is 388 g/mol. The van der Waals surface area contributed by atoms with E-state index in [4.69, 9.17) is 4.74 Å². The second-order valence-corrected chi connectivity index (χ2v) is 7.98. The standard InChI is InChI=1S/C22H32N2O4/c1-5-28-22(27)17-7-6-8-18(13-17)23-21(26)19(14(2)3)24-20(25)16-11-9-15(4)10-12-16/h6-8,13-16,19H,5,9-12H2,1-4H3,(H,23,26)(H,24,25)/t15?,16?,19-/m0/s1. The van der Waals surface area contributed by atoms with Gasteiger partial charge < -0.3 is 15.4 Å². The van der Waals surface area contributed by atoms with Crippen molar-refractivity contribution in [3.05, 3.63) is 29.8 Å². The summed E-state index contributed by atoms with van der Waals surface area (Å²) in [6.07, 6.45) is 3.86. The summed E-state index contributed by atoms with van der Waals surface area (Å²) in [5, 5.41) is 5.75. The predicted octanol–water partition coefficient (Wildman–Crippen LogP) is 3.77. The van der Waals surface area contributed by atoms with Gasteiger partial charge >= 0.3 is 5.97 Å². The Morgan fingerprint density at radius 1 is 1.14 bits per heavy atom. The Kier molecular flexibility index (Phi) is 8.03. The minimum atomic E-state index is -0.627. The van der Waals surface area contributed by atoms with Gasteiger partial charge in [0.15, 0.2) is 0 Å². The van der Waals surface area contributed by atoms with E-state index in [9.17, 15) is 14.4 Å². The Morgan fingerprint density at radius 2 is 1.82 bits per heavy atom. The third-order valence-electron chi connectivity index (χ3n) is 5.27. The molecule has 0 heterocycles. The number of hydrogen-bond donors (Lipinski definition) is 2. The Labute approximate surface area is 167 Å². The second-order valence-electron chi connectivity index (χ2n) is 7.98. The lowest BCUT2D eigenvalue weighted by Gasteiger charge is -2.28. The van der Waals surface area contributed by atoms with Crippen LogP contribution in [0, 0.1) is 17.8 Å². The van der Waals surface area contributed by atoms with E-state index < -0.39 is 12.0 Å². The van der Waals surface area contributed by atoms with Crippen molar-refractivity contribution in [2.75, 3.05) is 11.9 Å². The van der Waals surface area contributed by atoms with Crippen LogP contribution in [0.2, 0.25) is 0 Å². The number of rotatable bonds is 7. The highest BCUT2D eigenvalue weighted by molar-refractivity contribution is 5.99. The maximum absolute atomic E-state index is 12.8. The van der Waals surface area contributed by atoms with E-state index in [0.717, 1.165) is 25.7 Å². The molecule has 0 aliphatic heterocycles. The van der Waals surface area contributed by atoms with Crippen molar-refractivity contribution in [3.8, 4) is 0 Å². The summed E-state index contributed by atoms with van der Waals surface area (Å²) in [5.41, 5.74) is 0.878. The summed E-state index contributed by atoms with van der Waals surface area (Å²) >= 11 is 0. The number of nitrogens with one attached hydrogen (secondary N) is 2. The zero-order valence-electron chi connectivity index (χ0n) is 17.3. The molecule has 2 rings (SSSR count). The molecular weight excluding hydrogens is 356 g/mol. The molecule has 0 spiro atoms. The molecule has 0 saturated heterocycles. The topological polar surface area (TPSA) is 84.5 Å². The molecule has 1 aromatic rings. The molecule has 28 heavy (non-hydrogen) atoms. The van der Waals surface area contributed by atoms with E-state index in [1.807, 2.05) is 13.8 Å². The van der Waals surface area contributed by atoms with Gasteiger partial charge in [-0.1, -0.05) is 26.8 Å². The zero-order valence-corrected chi connectivity index (χ0v) is 17.3. The van der Waals surface area contributed by atoms with Crippen LogP contribution in [0.15, 0.2) is 24.3 Å². The average Bonchev–Trinajstić information content (AvgIpc) is 2.66. The van der Waals surface area contributed by atoms with E-state index in [0.29, 0.717) is 17.2 Å². The minimum absolute atomic E-state index is 0.0163. The molecular formula is C22H32N2O4. The maximum atomic E-state index is 12.8. The Hall–Kier alpha value is -2.37. The van der Waals surface area contributed by atoms with Crippen LogP contribution < -0.4 is 10.6 Å². The van der Waals surface area contributed by atoms with Crippen LogP contribution in [-0.4, -0.2) is 30.4 Å². The van der Waals surface area contributed by atoms with E-state index in [-0.39, 0.29) is 30.3 Å². The Bertz CT molecular complexity index is 694. The highest BCUT2D eigenvalue weighted by Crippen LogP contribution is 2.28. The van der Waals surface area contributed by atoms with E-state index >= 15 is 0 Å². The highest BCUT2D eigenvalue weighted by atomic mass is 16.5. The van der Waals surface area contributed by atoms with Gasteiger partial charge in [0.25, 0.3) is 0 Å². The fourth-order valence-corrected chi connectivity index (χ4v) is 3.49. The molecule has 1 aliphatic carbocycles. The van der Waals surface area contributed by atoms with E-state index in [2.05, 4.69) is 17.6 Å². The van der Waals surface area contributed by atoms with Gasteiger partial charge in [0, 0.05) is 11.6 Å². The minimum Gasteiger partial charge on any atom is -0.462 e. The van der Waals surface area contributed by atoms with Crippen LogP contribution in [0.4, 0.5) is 5.69 Å². The van der Waals surface area contributed by atoms with Crippen LogP contribution in [0.5, 0.6) is 0 Å². The summed E-state index contributed by atoms with van der Waals surface area (Å²) < 4.78 is 4.99. The second kappa shape index (κ2) is 10.2. The van der Waals surface area contributed by atoms with Gasteiger partial charge in [0.05, 0.1) is 12.2 Å². The van der Waals surface area contributed by atoms with Crippen LogP contribution in [0.1, 0.15) is 63.7 Å². The summed E-state index contributed by atoms with van der Waals surface area (Å²) in [4.78, 5) is 37.3. The quantitative estimate of drug-likeness (QED) is 0.697. The molecule has 1 fully saturated rings. The van der Waals surface area contributed by atoms with Gasteiger partial charge in [0.1, 0.15) is 6.04 Å². The van der Waals surface area contributed by atoms with Crippen molar-refractivity contribution >= 4 is 23.5 Å². The molecule has 0 bridgehead atoms. The molecule has 1 aromatic carbocycles. The van der Waals surface area contributed by atoms with Gasteiger partial charge in [-0.3, -0.25) is 9.59 Å². The van der Waals surface area contributed by atoms with Gasteiger partial charge in [-0.2, -0.15) is 0 Å². The average molecular weight is 389 g/mol. The van der Waals surface area contributed by atoms with Crippen molar-refractivity contribution in [1.82, 2.24) is 5.32 Å². The lowest BCUT2D eigenvalue weighted by atomic mass is 9.82. The number of carbonyl (C=O) groups excluding carboxylic acids is 3. The van der Waals surface area contributed by atoms with Crippen molar-refractivity contribution < 1.29 is 19.1 Å². The van der Waals surface area contributed by atoms with Crippen molar-refractivity contribution in [1.29, 1.82) is 0 Å². The Morgan fingerprint density at radius 3 is 2.43 bits per heavy atom. The summed E-state index contributed by atoms with van der Waals surface area (Å²) in [6.45, 7) is 8.05. The fourth-order valence-electron chi connectivity index (χ4n) is 3.49. The number of carbonyl (C=O) groups is 3. The van der Waals surface area contributed by atoms with Crippen LogP contribution in [0.3, 0.4) is 0 Å². The zero-order chi connectivity index (χ0) is 20.7. The van der Waals surface area contributed by atoms with Crippen LogP contribution in [-0.2, 0) is 14.3 Å². The molecule has 0 unspecified atom stereocenters. The highest BCUT2D eigenvalue weighted by Gasteiger charge is 2.30. The van der Waals surface area contributed by atoms with E-state index in [1.54, 1.807) is 31.2 Å². The molecule has 0 aromatic heterocycles. The molecule has 1 atom stereocenters. The summed E-state index contributed by atoms with van der Waals surface area (Å²) in [6, 6.07) is 5.99.